The quantitative estimate of drug-likeness (QED) is 0.539. The van der Waals surface area contributed by atoms with Gasteiger partial charge in [-0.1, -0.05) is 18.2 Å². The lowest BCUT2D eigenvalue weighted by atomic mass is 10.0. The van der Waals surface area contributed by atoms with Crippen molar-refractivity contribution in [3.05, 3.63) is 81.0 Å². The maximum absolute atomic E-state index is 12.7. The van der Waals surface area contributed by atoms with Gasteiger partial charge in [-0.25, -0.2) is 9.78 Å². The fourth-order valence-electron chi connectivity index (χ4n) is 3.10. The van der Waals surface area contributed by atoms with Crippen LogP contribution in [0, 0.1) is 10.1 Å². The SMILES string of the molecule is O=C(O)c1ccc2c(c1)C(O)=C(c1ccc3cccc([N+](=O)[O-])c3n1)C2=O. The van der Waals surface area contributed by atoms with Gasteiger partial charge in [-0.3, -0.25) is 14.9 Å². The van der Waals surface area contributed by atoms with E-state index in [1.807, 2.05) is 0 Å². The van der Waals surface area contributed by atoms with Crippen LogP contribution in [0.5, 0.6) is 0 Å². The average molecular weight is 362 g/mol. The summed E-state index contributed by atoms with van der Waals surface area (Å²) in [7, 11) is 0. The number of carboxylic acid groups (broad SMARTS) is 1. The molecule has 2 N–H and O–H groups in total. The van der Waals surface area contributed by atoms with Crippen LogP contribution in [-0.2, 0) is 0 Å². The highest BCUT2D eigenvalue weighted by Gasteiger charge is 2.32. The number of aromatic nitrogens is 1. The van der Waals surface area contributed by atoms with Crippen molar-refractivity contribution in [2.24, 2.45) is 0 Å². The summed E-state index contributed by atoms with van der Waals surface area (Å²) < 4.78 is 0. The predicted molar refractivity (Wildman–Crippen MR) is 95.6 cm³/mol. The highest BCUT2D eigenvalue weighted by molar-refractivity contribution is 6.38. The van der Waals surface area contributed by atoms with E-state index < -0.39 is 22.4 Å². The second kappa shape index (κ2) is 5.73. The number of para-hydroxylation sites is 1. The van der Waals surface area contributed by atoms with E-state index in [9.17, 15) is 24.8 Å². The lowest BCUT2D eigenvalue weighted by molar-refractivity contribution is -0.383. The Morgan fingerprint density at radius 3 is 2.56 bits per heavy atom. The Labute approximate surface area is 151 Å². The predicted octanol–water partition coefficient (Wildman–Crippen LogP) is 3.46. The first kappa shape index (κ1) is 16.4. The van der Waals surface area contributed by atoms with Gasteiger partial charge in [-0.2, -0.15) is 0 Å². The molecule has 27 heavy (non-hydrogen) atoms. The molecule has 1 aromatic heterocycles. The number of hydrogen-bond donors (Lipinski definition) is 2. The summed E-state index contributed by atoms with van der Waals surface area (Å²) in [5.74, 6) is -2.11. The van der Waals surface area contributed by atoms with Crippen molar-refractivity contribution in [1.82, 2.24) is 4.98 Å². The second-order valence-corrected chi connectivity index (χ2v) is 5.92. The van der Waals surface area contributed by atoms with Crippen molar-refractivity contribution in [3.8, 4) is 0 Å². The number of allylic oxidation sites excluding steroid dienone is 1. The fraction of sp³-hybridized carbons (Fsp3) is 0. The number of aromatic carboxylic acids is 1. The number of carboxylic acids is 1. The summed E-state index contributed by atoms with van der Waals surface area (Å²) in [6, 6.07) is 11.4. The number of nitrogens with zero attached hydrogens (tertiary/aromatic N) is 2. The number of benzene rings is 2. The number of non-ortho nitro benzene ring substituents is 1. The van der Waals surface area contributed by atoms with Gasteiger partial charge in [0.1, 0.15) is 11.3 Å². The van der Waals surface area contributed by atoms with Gasteiger partial charge in [0.2, 0.25) is 0 Å². The third-order valence-electron chi connectivity index (χ3n) is 4.38. The number of aliphatic hydroxyl groups is 1. The number of ketones is 1. The molecular formula is C19H10N2O6. The number of rotatable bonds is 3. The Balaban J connectivity index is 1.93. The second-order valence-electron chi connectivity index (χ2n) is 5.92. The number of aliphatic hydroxyl groups excluding tert-OH is 1. The van der Waals surface area contributed by atoms with Gasteiger partial charge in [0.25, 0.3) is 5.69 Å². The van der Waals surface area contributed by atoms with Crippen LogP contribution >= 0.6 is 0 Å². The highest BCUT2D eigenvalue weighted by Crippen LogP contribution is 2.37. The van der Waals surface area contributed by atoms with Gasteiger partial charge in [-0.05, 0) is 24.3 Å². The number of nitro groups is 1. The van der Waals surface area contributed by atoms with E-state index in [0.717, 1.165) is 0 Å². The van der Waals surface area contributed by atoms with Crippen LogP contribution in [0.2, 0.25) is 0 Å². The van der Waals surface area contributed by atoms with E-state index in [2.05, 4.69) is 4.98 Å². The smallest absolute Gasteiger partial charge is 0.335 e. The standard InChI is InChI=1S/C19H10N2O6/c22-17-11-6-4-10(19(24)25)8-12(11)18(23)15(17)13-7-5-9-2-1-3-14(21(26)27)16(9)20-13/h1-8,23H,(H,24,25). The minimum Gasteiger partial charge on any atom is -0.506 e. The molecule has 1 heterocycles. The zero-order valence-electron chi connectivity index (χ0n) is 13.5. The lowest BCUT2D eigenvalue weighted by Gasteiger charge is -2.04. The minimum absolute atomic E-state index is 0.0727. The third kappa shape index (κ3) is 2.43. The molecule has 0 spiro atoms. The van der Waals surface area contributed by atoms with E-state index in [4.69, 9.17) is 5.11 Å². The number of pyridine rings is 1. The summed E-state index contributed by atoms with van der Waals surface area (Å²) in [6.45, 7) is 0. The van der Waals surface area contributed by atoms with Gasteiger partial charge in [0.15, 0.2) is 5.78 Å². The van der Waals surface area contributed by atoms with Gasteiger partial charge in [0, 0.05) is 22.6 Å². The van der Waals surface area contributed by atoms with E-state index in [1.165, 1.54) is 36.4 Å². The van der Waals surface area contributed by atoms with Crippen LogP contribution < -0.4 is 0 Å². The summed E-state index contributed by atoms with van der Waals surface area (Å²) in [5, 5.41) is 31.4. The van der Waals surface area contributed by atoms with Crippen LogP contribution in [0.15, 0.2) is 48.5 Å². The molecule has 0 saturated carbocycles. The van der Waals surface area contributed by atoms with Gasteiger partial charge in [-0.15, -0.1) is 0 Å². The normalized spacial score (nSPS) is 13.1. The van der Waals surface area contributed by atoms with Crippen molar-refractivity contribution in [2.45, 2.75) is 0 Å². The molecule has 0 radical (unpaired) electrons. The lowest BCUT2D eigenvalue weighted by Crippen LogP contribution is -2.02. The molecule has 8 nitrogen and oxygen atoms in total. The van der Waals surface area contributed by atoms with Crippen LogP contribution in [0.1, 0.15) is 32.0 Å². The monoisotopic (exact) mass is 362 g/mol. The highest BCUT2D eigenvalue weighted by atomic mass is 16.6. The molecule has 1 aliphatic rings. The zero-order valence-corrected chi connectivity index (χ0v) is 13.5. The maximum Gasteiger partial charge on any atom is 0.335 e. The molecule has 3 aromatic rings. The zero-order chi connectivity index (χ0) is 19.3. The molecule has 1 aliphatic carbocycles. The van der Waals surface area contributed by atoms with Crippen molar-refractivity contribution >= 4 is 39.7 Å². The molecular weight excluding hydrogens is 352 g/mol. The first-order valence-electron chi connectivity index (χ1n) is 7.78. The molecule has 0 amide bonds. The molecule has 0 aliphatic heterocycles. The molecule has 0 saturated heterocycles. The summed E-state index contributed by atoms with van der Waals surface area (Å²) in [5.41, 5.74) is 0.00795. The Hall–Kier alpha value is -4.07. The molecule has 0 fully saturated rings. The summed E-state index contributed by atoms with van der Waals surface area (Å²) in [4.78, 5) is 38.7. The van der Waals surface area contributed by atoms with Gasteiger partial charge >= 0.3 is 5.97 Å². The van der Waals surface area contributed by atoms with E-state index in [1.54, 1.807) is 12.1 Å². The van der Waals surface area contributed by atoms with E-state index in [0.29, 0.717) is 5.39 Å². The number of nitro benzene ring substituents is 1. The van der Waals surface area contributed by atoms with Gasteiger partial charge in [0.05, 0.1) is 21.8 Å². The molecule has 0 unspecified atom stereocenters. The molecule has 8 heteroatoms. The molecule has 0 atom stereocenters. The first-order valence-corrected chi connectivity index (χ1v) is 7.78. The van der Waals surface area contributed by atoms with Crippen LogP contribution in [0.3, 0.4) is 0 Å². The average Bonchev–Trinajstić information content (AvgIpc) is 2.90. The van der Waals surface area contributed by atoms with E-state index >= 15 is 0 Å². The van der Waals surface area contributed by atoms with Crippen molar-refractivity contribution < 1.29 is 24.7 Å². The van der Waals surface area contributed by atoms with Gasteiger partial charge < -0.3 is 10.2 Å². The molecule has 4 rings (SSSR count). The Morgan fingerprint density at radius 2 is 1.85 bits per heavy atom. The van der Waals surface area contributed by atoms with E-state index in [-0.39, 0.29) is 39.2 Å². The molecule has 2 aromatic carbocycles. The number of hydrogen-bond acceptors (Lipinski definition) is 6. The largest absolute Gasteiger partial charge is 0.506 e. The Bertz CT molecular complexity index is 1210. The molecule has 132 valence electrons. The minimum atomic E-state index is -1.19. The first-order chi connectivity index (χ1) is 12.9. The maximum atomic E-state index is 12.7. The van der Waals surface area contributed by atoms with Crippen LogP contribution in [-0.4, -0.2) is 31.9 Å². The van der Waals surface area contributed by atoms with Crippen molar-refractivity contribution in [3.63, 3.8) is 0 Å². The summed E-state index contributed by atoms with van der Waals surface area (Å²) in [6.07, 6.45) is 0. The number of Topliss-reactive ketones (excluding diaryl/α,β-unsaturated/α-hetero) is 1. The number of fused-ring (bicyclic) bond motifs is 2. The Morgan fingerprint density at radius 1 is 1.07 bits per heavy atom. The third-order valence-corrected chi connectivity index (χ3v) is 4.38. The number of carbonyl (C=O) groups excluding carboxylic acids is 1. The fourth-order valence-corrected chi connectivity index (χ4v) is 3.10. The van der Waals surface area contributed by atoms with Crippen LogP contribution in [0.25, 0.3) is 22.2 Å². The summed E-state index contributed by atoms with van der Waals surface area (Å²) >= 11 is 0. The van der Waals surface area contributed by atoms with Crippen molar-refractivity contribution in [2.75, 3.05) is 0 Å². The van der Waals surface area contributed by atoms with Crippen molar-refractivity contribution in [1.29, 1.82) is 0 Å². The Kier molecular flexibility index (Phi) is 3.48. The topological polar surface area (TPSA) is 131 Å². The number of carbonyl (C=O) groups is 2. The van der Waals surface area contributed by atoms with Crippen LogP contribution in [0.4, 0.5) is 5.69 Å². The molecule has 0 bridgehead atoms.